The van der Waals surface area contributed by atoms with Crippen molar-refractivity contribution in [1.82, 2.24) is 4.98 Å². The molecule has 0 bridgehead atoms. The Hall–Kier alpha value is -2.60. The van der Waals surface area contributed by atoms with Crippen molar-refractivity contribution in [2.24, 2.45) is 7.05 Å². The normalized spacial score (nSPS) is 11.1. The zero-order valence-electron chi connectivity index (χ0n) is 16.0. The molecule has 0 spiro atoms. The smallest absolute Gasteiger partial charge is 0.240 e. The van der Waals surface area contributed by atoms with Crippen LogP contribution in [-0.2, 0) is 13.5 Å². The van der Waals surface area contributed by atoms with Crippen LogP contribution in [0.2, 0.25) is 0 Å². The minimum Gasteiger partial charge on any atom is -1.00 e. The summed E-state index contributed by atoms with van der Waals surface area (Å²) in [7, 11) is 2.14. The van der Waals surface area contributed by atoms with Gasteiger partial charge in [-0.15, -0.1) is 0 Å². The molecule has 0 aliphatic rings. The molecule has 0 fully saturated rings. The lowest BCUT2D eigenvalue weighted by Crippen LogP contribution is -3.00. The summed E-state index contributed by atoms with van der Waals surface area (Å²) < 4.78 is 2.29. The molecule has 0 amide bonds. The molecule has 2 N–H and O–H groups in total. The molecule has 140 valence electrons. The Balaban J connectivity index is 0.00000192. The van der Waals surface area contributed by atoms with Crippen molar-refractivity contribution < 1.29 is 28.5 Å². The van der Waals surface area contributed by atoms with Crippen LogP contribution in [0.15, 0.2) is 72.8 Å². The van der Waals surface area contributed by atoms with Crippen LogP contribution < -0.4 is 33.9 Å². The number of nitrogens with one attached hydrogen (secondary N) is 2. The predicted molar refractivity (Wildman–Crippen MR) is 114 cm³/mol. The maximum atomic E-state index is 3.68. The van der Waals surface area contributed by atoms with Crippen molar-refractivity contribution in [2.45, 2.75) is 13.3 Å². The summed E-state index contributed by atoms with van der Waals surface area (Å²) in [6, 6.07) is 25.8. The van der Waals surface area contributed by atoms with E-state index in [1.54, 1.807) is 0 Å². The molecule has 5 aromatic rings. The fourth-order valence-electron chi connectivity index (χ4n) is 3.99. The van der Waals surface area contributed by atoms with Crippen molar-refractivity contribution in [3.63, 3.8) is 0 Å². The van der Waals surface area contributed by atoms with Crippen molar-refractivity contribution in [2.75, 3.05) is 5.32 Å². The van der Waals surface area contributed by atoms with E-state index >= 15 is 0 Å². The second-order valence-electron chi connectivity index (χ2n) is 7.02. The van der Waals surface area contributed by atoms with Gasteiger partial charge in [0.15, 0.2) is 0 Å². The van der Waals surface area contributed by atoms with Crippen LogP contribution in [0.3, 0.4) is 0 Å². The summed E-state index contributed by atoms with van der Waals surface area (Å²) in [5.74, 6) is 0. The van der Waals surface area contributed by atoms with E-state index in [0.717, 1.165) is 28.8 Å². The number of pyridine rings is 1. The van der Waals surface area contributed by atoms with Crippen LogP contribution >= 0.6 is 0 Å². The second-order valence-corrected chi connectivity index (χ2v) is 7.02. The minimum atomic E-state index is 0. The van der Waals surface area contributed by atoms with E-state index < -0.39 is 0 Å². The molecule has 0 aliphatic carbocycles. The SMILES string of the molecule is CCc1ccc(Nc2c3ccccc3[n+](C)c3c2[nH]c2ccccc23)cc1.[I-]. The highest BCUT2D eigenvalue weighted by atomic mass is 127. The third kappa shape index (κ3) is 2.92. The van der Waals surface area contributed by atoms with E-state index in [-0.39, 0.29) is 24.0 Å². The number of halogens is 1. The lowest BCUT2D eigenvalue weighted by molar-refractivity contribution is -0.616. The van der Waals surface area contributed by atoms with Crippen LogP contribution in [0.5, 0.6) is 0 Å². The van der Waals surface area contributed by atoms with E-state index in [0.29, 0.717) is 0 Å². The lowest BCUT2D eigenvalue weighted by atomic mass is 10.1. The summed E-state index contributed by atoms with van der Waals surface area (Å²) >= 11 is 0. The molecular formula is C24H22IN3. The standard InChI is InChI=1S/C24H21N3.HI/c1-3-16-12-14-17(15-13-16)25-22-19-9-5-7-11-21(19)27(2)24-18-8-4-6-10-20(18)26-23(22)24;/h4-15H,3H2,1-2H3,(H,25,26);1H. The summed E-state index contributed by atoms with van der Waals surface area (Å²) in [5.41, 5.74) is 8.30. The Labute approximate surface area is 181 Å². The number of hydrogen-bond acceptors (Lipinski definition) is 1. The Morgan fingerprint density at radius 1 is 0.857 bits per heavy atom. The number of fused-ring (bicyclic) bond motifs is 4. The average molecular weight is 479 g/mol. The van der Waals surface area contributed by atoms with Crippen LogP contribution in [0.25, 0.3) is 32.8 Å². The van der Waals surface area contributed by atoms with Crippen molar-refractivity contribution in [3.8, 4) is 0 Å². The fraction of sp³-hybridized carbons (Fsp3) is 0.125. The molecule has 0 saturated carbocycles. The molecule has 2 aromatic heterocycles. The molecule has 0 unspecified atom stereocenters. The van der Waals surface area contributed by atoms with Gasteiger partial charge in [0.25, 0.3) is 0 Å². The molecular weight excluding hydrogens is 457 g/mol. The number of aromatic nitrogens is 2. The number of H-pyrrole nitrogens is 1. The molecule has 2 heterocycles. The minimum absolute atomic E-state index is 0. The molecule has 5 rings (SSSR count). The van der Waals surface area contributed by atoms with Gasteiger partial charge >= 0.3 is 0 Å². The average Bonchev–Trinajstić information content (AvgIpc) is 3.11. The molecule has 4 heteroatoms. The topological polar surface area (TPSA) is 31.7 Å². The molecule has 28 heavy (non-hydrogen) atoms. The van der Waals surface area contributed by atoms with Crippen LogP contribution in [0.4, 0.5) is 11.4 Å². The quantitative estimate of drug-likeness (QED) is 0.303. The fourth-order valence-corrected chi connectivity index (χ4v) is 3.99. The van der Waals surface area contributed by atoms with Gasteiger partial charge in [0.2, 0.25) is 11.0 Å². The lowest BCUT2D eigenvalue weighted by Gasteiger charge is -2.11. The first-order chi connectivity index (χ1) is 13.3. The van der Waals surface area contributed by atoms with Crippen LogP contribution in [0, 0.1) is 0 Å². The number of rotatable bonds is 3. The highest BCUT2D eigenvalue weighted by Gasteiger charge is 2.22. The van der Waals surface area contributed by atoms with Crippen molar-refractivity contribution in [1.29, 1.82) is 0 Å². The number of aromatic amines is 1. The Morgan fingerprint density at radius 3 is 2.29 bits per heavy atom. The van der Waals surface area contributed by atoms with Gasteiger partial charge in [-0.2, -0.15) is 4.57 Å². The van der Waals surface area contributed by atoms with Gasteiger partial charge in [0, 0.05) is 11.8 Å². The Bertz CT molecular complexity index is 1290. The largest absolute Gasteiger partial charge is 1.00 e. The Kier molecular flexibility index (Phi) is 4.98. The van der Waals surface area contributed by atoms with Gasteiger partial charge in [-0.05, 0) is 42.3 Å². The molecule has 3 nitrogen and oxygen atoms in total. The summed E-state index contributed by atoms with van der Waals surface area (Å²) in [4.78, 5) is 3.64. The van der Waals surface area contributed by atoms with E-state index in [4.69, 9.17) is 0 Å². The van der Waals surface area contributed by atoms with Gasteiger partial charge in [-0.1, -0.05) is 43.3 Å². The Morgan fingerprint density at radius 2 is 1.54 bits per heavy atom. The van der Waals surface area contributed by atoms with E-state index in [1.807, 2.05) is 0 Å². The maximum absolute atomic E-state index is 3.68. The van der Waals surface area contributed by atoms with Gasteiger partial charge in [0.05, 0.1) is 22.0 Å². The number of aryl methyl sites for hydroxylation is 2. The van der Waals surface area contributed by atoms with Crippen LogP contribution in [-0.4, -0.2) is 4.98 Å². The summed E-state index contributed by atoms with van der Waals surface area (Å²) in [6.07, 6.45) is 1.05. The van der Waals surface area contributed by atoms with Gasteiger partial charge in [-0.3, -0.25) is 0 Å². The summed E-state index contributed by atoms with van der Waals surface area (Å²) in [6.45, 7) is 2.18. The molecule has 3 aromatic carbocycles. The number of anilines is 2. The van der Waals surface area contributed by atoms with E-state index in [9.17, 15) is 0 Å². The van der Waals surface area contributed by atoms with E-state index in [2.05, 4.69) is 102 Å². The van der Waals surface area contributed by atoms with Gasteiger partial charge in [0.1, 0.15) is 12.6 Å². The maximum Gasteiger partial charge on any atom is 0.240 e. The van der Waals surface area contributed by atoms with Crippen molar-refractivity contribution in [3.05, 3.63) is 78.4 Å². The first kappa shape index (κ1) is 18.7. The van der Waals surface area contributed by atoms with Crippen LogP contribution in [0.1, 0.15) is 12.5 Å². The third-order valence-electron chi connectivity index (χ3n) is 5.43. The zero-order chi connectivity index (χ0) is 18.4. The number of benzene rings is 3. The van der Waals surface area contributed by atoms with Gasteiger partial charge in [-0.25, -0.2) is 0 Å². The molecule has 0 radical (unpaired) electrons. The first-order valence-corrected chi connectivity index (χ1v) is 9.43. The third-order valence-corrected chi connectivity index (χ3v) is 5.43. The van der Waals surface area contributed by atoms with E-state index in [1.165, 1.54) is 27.4 Å². The zero-order valence-corrected chi connectivity index (χ0v) is 18.1. The monoisotopic (exact) mass is 479 g/mol. The predicted octanol–water partition coefficient (Wildman–Crippen LogP) is 2.61. The number of hydrogen-bond donors (Lipinski definition) is 2. The molecule has 0 saturated heterocycles. The molecule has 0 atom stereocenters. The summed E-state index contributed by atoms with van der Waals surface area (Å²) in [5, 5.41) is 6.13. The first-order valence-electron chi connectivity index (χ1n) is 9.43. The number of nitrogens with zero attached hydrogens (tertiary/aromatic N) is 1. The highest BCUT2D eigenvalue weighted by Crippen LogP contribution is 2.35. The number of para-hydroxylation sites is 2. The second kappa shape index (κ2) is 7.43. The highest BCUT2D eigenvalue weighted by molar-refractivity contribution is 6.13. The molecule has 0 aliphatic heterocycles. The van der Waals surface area contributed by atoms with Gasteiger partial charge < -0.3 is 34.3 Å². The van der Waals surface area contributed by atoms with Crippen molar-refractivity contribution >= 4 is 44.2 Å².